The molecule has 0 aliphatic rings. The molecule has 0 amide bonds. The topological polar surface area (TPSA) is 24.9 Å². The van der Waals surface area contributed by atoms with Gasteiger partial charge in [0.25, 0.3) is 0 Å². The first-order valence-electron chi connectivity index (χ1n) is 6.94. The first kappa shape index (κ1) is 17.0. The number of hydrogen-bond donors (Lipinski definition) is 1. The number of rotatable bonds is 2. The Morgan fingerprint density at radius 2 is 1.64 bits per heavy atom. The fourth-order valence-corrected chi connectivity index (χ4v) is 2.96. The minimum absolute atomic E-state index is 0. The molecule has 1 aromatic heterocycles. The van der Waals surface area contributed by atoms with Crippen molar-refractivity contribution in [2.24, 2.45) is 0 Å². The molecular weight excluding hydrogens is 407 g/mol. The molecule has 0 atom stereocenters. The summed E-state index contributed by atoms with van der Waals surface area (Å²) in [6, 6.07) is 14.9. The molecule has 0 radical (unpaired) electrons. The minimum atomic E-state index is 0. The maximum absolute atomic E-state index is 4.69. The molecule has 0 fully saturated rings. The smallest absolute Gasteiger partial charge is 0.0755 e. The van der Waals surface area contributed by atoms with E-state index in [4.69, 9.17) is 4.98 Å². The number of nitrogens with one attached hydrogen (secondary N) is 1. The quantitative estimate of drug-likeness (QED) is 0.641. The van der Waals surface area contributed by atoms with Crippen LogP contribution in [-0.2, 0) is 0 Å². The molecule has 4 heteroatoms. The van der Waals surface area contributed by atoms with Gasteiger partial charge in [-0.15, -0.1) is 0 Å². The Hall–Kier alpha value is -1.33. The van der Waals surface area contributed by atoms with Gasteiger partial charge in [-0.25, -0.2) is 0 Å². The van der Waals surface area contributed by atoms with Crippen LogP contribution in [0, 0.1) is 24.3 Å². The van der Waals surface area contributed by atoms with Crippen LogP contribution in [0.15, 0.2) is 42.5 Å². The Kier molecular flexibility index (Phi) is 5.29. The average Bonchev–Trinajstić information content (AvgIpc) is 2.43. The van der Waals surface area contributed by atoms with Gasteiger partial charge in [0.1, 0.15) is 0 Å². The second-order valence-corrected chi connectivity index (χ2v) is 6.67. The predicted molar refractivity (Wildman–Crippen MR) is 98.4 cm³/mol. The molecule has 114 valence electrons. The number of aromatic nitrogens is 1. The van der Waals surface area contributed by atoms with E-state index in [1.165, 1.54) is 20.1 Å². The van der Waals surface area contributed by atoms with Gasteiger partial charge in [0.15, 0.2) is 0 Å². The second-order valence-electron chi connectivity index (χ2n) is 5.42. The van der Waals surface area contributed by atoms with E-state index in [1.807, 2.05) is 6.92 Å². The predicted octanol–water partition coefficient (Wildman–Crippen LogP) is 2.51. The number of fused-ring (bicyclic) bond motifs is 1. The van der Waals surface area contributed by atoms with Gasteiger partial charge in [0.2, 0.25) is 0 Å². The number of nitrogens with zero attached hydrogens (tertiary/aromatic N) is 1. The van der Waals surface area contributed by atoms with Gasteiger partial charge >= 0.3 is 0 Å². The van der Waals surface area contributed by atoms with E-state index in [2.05, 4.69) is 84.2 Å². The first-order chi connectivity index (χ1) is 10.0. The normalized spacial score (nSPS) is 10.4. The Morgan fingerprint density at radius 1 is 0.955 bits per heavy atom. The van der Waals surface area contributed by atoms with Crippen molar-refractivity contribution in [3.63, 3.8) is 0 Å². The van der Waals surface area contributed by atoms with E-state index in [0.29, 0.717) is 0 Å². The molecule has 3 rings (SSSR count). The van der Waals surface area contributed by atoms with Crippen molar-refractivity contribution in [2.75, 3.05) is 5.32 Å². The third-order valence-electron chi connectivity index (χ3n) is 3.50. The summed E-state index contributed by atoms with van der Waals surface area (Å²) in [7, 11) is 0. The Morgan fingerprint density at radius 3 is 2.32 bits per heavy atom. The number of hydrogen-bond acceptors (Lipinski definition) is 2. The molecule has 2 aromatic carbocycles. The molecule has 0 aliphatic carbocycles. The molecule has 2 nitrogen and oxygen atoms in total. The van der Waals surface area contributed by atoms with Crippen LogP contribution in [0.25, 0.3) is 10.9 Å². The lowest BCUT2D eigenvalue weighted by Gasteiger charge is -2.13. The van der Waals surface area contributed by atoms with E-state index in [-0.39, 0.29) is 12.4 Å². The number of benzene rings is 2. The van der Waals surface area contributed by atoms with Crippen molar-refractivity contribution >= 4 is 44.9 Å². The summed E-state index contributed by atoms with van der Waals surface area (Å²) < 4.78 is 1.24. The fourth-order valence-electron chi connectivity index (χ4n) is 2.60. The molecule has 0 bridgehead atoms. The molecule has 0 saturated heterocycles. The van der Waals surface area contributed by atoms with Crippen molar-refractivity contribution in [3.8, 4) is 0 Å². The van der Waals surface area contributed by atoms with Gasteiger partial charge in [-0.3, -0.25) is 4.98 Å². The summed E-state index contributed by atoms with van der Waals surface area (Å²) in [5.41, 5.74) is 6.80. The number of anilines is 2. The maximum Gasteiger partial charge on any atom is 0.0755 e. The van der Waals surface area contributed by atoms with E-state index < -0.39 is 0 Å². The van der Waals surface area contributed by atoms with E-state index in [9.17, 15) is 0 Å². The van der Waals surface area contributed by atoms with Gasteiger partial charge in [-0.1, -0.05) is 11.6 Å². The summed E-state index contributed by atoms with van der Waals surface area (Å²) in [6.45, 7) is 6.29. The summed E-state index contributed by atoms with van der Waals surface area (Å²) >= 11 is 2.32. The third kappa shape index (κ3) is 3.52. The van der Waals surface area contributed by atoms with Gasteiger partial charge in [-0.2, -0.15) is 0 Å². The van der Waals surface area contributed by atoms with Gasteiger partial charge < -0.3 is 17.7 Å². The van der Waals surface area contributed by atoms with E-state index >= 15 is 0 Å². The monoisotopic (exact) mass is 423 g/mol. The molecule has 0 unspecified atom stereocenters. The summed E-state index contributed by atoms with van der Waals surface area (Å²) in [4.78, 5) is 4.69. The first-order valence-corrected chi connectivity index (χ1v) is 8.02. The van der Waals surface area contributed by atoms with Crippen LogP contribution < -0.4 is 17.7 Å². The Balaban J connectivity index is 0.00000176. The average molecular weight is 424 g/mol. The van der Waals surface area contributed by atoms with Crippen molar-refractivity contribution in [2.45, 2.75) is 20.8 Å². The SMILES string of the molecule is Cc1cc(C)c2nc(C)cc(Nc3ccc(I)cc3)c2c1.[Cl-]. The Bertz CT molecular complexity index is 813. The van der Waals surface area contributed by atoms with Gasteiger partial charge in [0.05, 0.1) is 5.52 Å². The lowest BCUT2D eigenvalue weighted by molar-refractivity contribution is -0.00000430. The van der Waals surface area contributed by atoms with E-state index in [1.54, 1.807) is 0 Å². The highest BCUT2D eigenvalue weighted by Crippen LogP contribution is 2.29. The molecule has 0 aliphatic heterocycles. The Labute approximate surface area is 150 Å². The van der Waals surface area contributed by atoms with Gasteiger partial charge in [0, 0.05) is 26.0 Å². The second kappa shape index (κ2) is 6.84. The molecular formula is C18H17ClIN2-. The highest BCUT2D eigenvalue weighted by atomic mass is 127. The molecule has 3 aromatic rings. The number of halogens is 2. The van der Waals surface area contributed by atoms with Crippen LogP contribution in [0.3, 0.4) is 0 Å². The highest BCUT2D eigenvalue weighted by Gasteiger charge is 2.07. The standard InChI is InChI=1S/C18H17IN2.ClH/c1-11-8-12(2)18-16(9-11)17(10-13(3)20-18)21-15-6-4-14(19)5-7-15;/h4-10H,1-3H3,(H,20,21);1H/p-1. The van der Waals surface area contributed by atoms with Crippen LogP contribution in [-0.4, -0.2) is 4.98 Å². The number of aryl methyl sites for hydroxylation is 3. The summed E-state index contributed by atoms with van der Waals surface area (Å²) in [6.07, 6.45) is 0. The fraction of sp³-hybridized carbons (Fsp3) is 0.167. The minimum Gasteiger partial charge on any atom is -1.00 e. The van der Waals surface area contributed by atoms with Crippen LogP contribution in [0.5, 0.6) is 0 Å². The molecule has 0 saturated carbocycles. The van der Waals surface area contributed by atoms with Crippen LogP contribution >= 0.6 is 22.6 Å². The zero-order valence-corrected chi connectivity index (χ0v) is 15.7. The van der Waals surface area contributed by atoms with Gasteiger partial charge in [-0.05, 0) is 85.3 Å². The van der Waals surface area contributed by atoms with Crippen LogP contribution in [0.1, 0.15) is 16.8 Å². The van der Waals surface area contributed by atoms with Crippen molar-refractivity contribution in [3.05, 3.63) is 62.9 Å². The molecule has 22 heavy (non-hydrogen) atoms. The molecule has 1 N–H and O–H groups in total. The zero-order valence-electron chi connectivity index (χ0n) is 12.7. The van der Waals surface area contributed by atoms with Crippen LogP contribution in [0.4, 0.5) is 11.4 Å². The summed E-state index contributed by atoms with van der Waals surface area (Å²) in [5, 5.41) is 4.70. The lowest BCUT2D eigenvalue weighted by atomic mass is 10.0. The third-order valence-corrected chi connectivity index (χ3v) is 4.22. The molecule has 1 heterocycles. The van der Waals surface area contributed by atoms with Crippen molar-refractivity contribution in [1.82, 2.24) is 4.98 Å². The number of pyridine rings is 1. The van der Waals surface area contributed by atoms with E-state index in [0.717, 1.165) is 22.6 Å². The molecule has 0 spiro atoms. The van der Waals surface area contributed by atoms with Crippen LogP contribution in [0.2, 0.25) is 0 Å². The van der Waals surface area contributed by atoms with Crippen molar-refractivity contribution < 1.29 is 12.4 Å². The largest absolute Gasteiger partial charge is 1.00 e. The van der Waals surface area contributed by atoms with Crippen molar-refractivity contribution in [1.29, 1.82) is 0 Å². The lowest BCUT2D eigenvalue weighted by Crippen LogP contribution is -3.00. The zero-order chi connectivity index (χ0) is 15.0. The maximum atomic E-state index is 4.69. The highest BCUT2D eigenvalue weighted by molar-refractivity contribution is 14.1. The summed E-state index contributed by atoms with van der Waals surface area (Å²) in [5.74, 6) is 0.